The summed E-state index contributed by atoms with van der Waals surface area (Å²) >= 11 is 0. The SMILES string of the molecule is Cc1cc(C)c([N+](=O)[O-])c(C)c1C(=O)NCC1(C(=O)O)CCOCC1. The van der Waals surface area contributed by atoms with Gasteiger partial charge in [0.2, 0.25) is 0 Å². The van der Waals surface area contributed by atoms with Crippen molar-refractivity contribution in [1.82, 2.24) is 5.32 Å². The zero-order valence-electron chi connectivity index (χ0n) is 14.5. The molecule has 0 aliphatic carbocycles. The van der Waals surface area contributed by atoms with Gasteiger partial charge in [0.15, 0.2) is 0 Å². The van der Waals surface area contributed by atoms with E-state index < -0.39 is 22.2 Å². The Morgan fingerprint density at radius 2 is 1.88 bits per heavy atom. The molecular weight excluding hydrogens is 328 g/mol. The lowest BCUT2D eigenvalue weighted by atomic mass is 9.80. The molecule has 25 heavy (non-hydrogen) atoms. The average Bonchev–Trinajstić information content (AvgIpc) is 2.52. The molecule has 8 heteroatoms. The van der Waals surface area contributed by atoms with E-state index >= 15 is 0 Å². The Morgan fingerprint density at radius 1 is 1.28 bits per heavy atom. The molecule has 136 valence electrons. The van der Waals surface area contributed by atoms with Crippen LogP contribution in [0.4, 0.5) is 5.69 Å². The molecule has 1 amide bonds. The Bertz CT molecular complexity index is 722. The molecule has 1 fully saturated rings. The number of nitro benzene ring substituents is 1. The maximum Gasteiger partial charge on any atom is 0.311 e. The van der Waals surface area contributed by atoms with E-state index in [1.54, 1.807) is 19.9 Å². The zero-order valence-corrected chi connectivity index (χ0v) is 14.5. The highest BCUT2D eigenvalue weighted by molar-refractivity contribution is 5.98. The number of nitrogens with zero attached hydrogens (tertiary/aromatic N) is 1. The molecule has 2 N–H and O–H groups in total. The maximum atomic E-state index is 12.6. The third-order valence-corrected chi connectivity index (χ3v) is 4.83. The molecule has 0 unspecified atom stereocenters. The van der Waals surface area contributed by atoms with Gasteiger partial charge in [-0.2, -0.15) is 0 Å². The molecule has 0 aromatic heterocycles. The van der Waals surface area contributed by atoms with E-state index in [-0.39, 0.29) is 23.4 Å². The van der Waals surface area contributed by atoms with Crippen LogP contribution in [0.2, 0.25) is 0 Å². The second-order valence-corrected chi connectivity index (χ2v) is 6.50. The predicted octanol–water partition coefficient (Wildman–Crippen LogP) is 2.13. The van der Waals surface area contributed by atoms with E-state index in [0.717, 1.165) is 0 Å². The number of carboxylic acids is 1. The van der Waals surface area contributed by atoms with Crippen LogP contribution in [0.5, 0.6) is 0 Å². The van der Waals surface area contributed by atoms with Gasteiger partial charge >= 0.3 is 5.97 Å². The van der Waals surface area contributed by atoms with Crippen LogP contribution in [0.25, 0.3) is 0 Å². The van der Waals surface area contributed by atoms with E-state index in [1.165, 1.54) is 6.92 Å². The number of nitrogens with one attached hydrogen (secondary N) is 1. The molecular formula is C17H22N2O6. The fourth-order valence-electron chi connectivity index (χ4n) is 3.37. The molecule has 0 atom stereocenters. The summed E-state index contributed by atoms with van der Waals surface area (Å²) in [5, 5.41) is 23.5. The Hall–Kier alpha value is -2.48. The van der Waals surface area contributed by atoms with Gasteiger partial charge in [-0.05, 0) is 45.2 Å². The number of amides is 1. The molecule has 0 saturated carbocycles. The van der Waals surface area contributed by atoms with Crippen LogP contribution < -0.4 is 5.32 Å². The van der Waals surface area contributed by atoms with Crippen molar-refractivity contribution < 1.29 is 24.4 Å². The van der Waals surface area contributed by atoms with Crippen molar-refractivity contribution in [3.63, 3.8) is 0 Å². The fourth-order valence-corrected chi connectivity index (χ4v) is 3.37. The monoisotopic (exact) mass is 350 g/mol. The van der Waals surface area contributed by atoms with Crippen LogP contribution in [0.3, 0.4) is 0 Å². The standard InChI is InChI=1S/C17H22N2O6/c1-10-8-11(2)14(19(23)24)12(3)13(10)15(20)18-9-17(16(21)22)4-6-25-7-5-17/h8H,4-7,9H2,1-3H3,(H,18,20)(H,21,22). The first-order valence-electron chi connectivity index (χ1n) is 8.04. The highest BCUT2D eigenvalue weighted by atomic mass is 16.6. The number of nitro groups is 1. The van der Waals surface area contributed by atoms with Gasteiger partial charge in [-0.3, -0.25) is 19.7 Å². The summed E-state index contributed by atoms with van der Waals surface area (Å²) in [7, 11) is 0. The number of hydrogen-bond donors (Lipinski definition) is 2. The van der Waals surface area contributed by atoms with E-state index in [4.69, 9.17) is 4.74 Å². The van der Waals surface area contributed by atoms with Crippen LogP contribution in [0.15, 0.2) is 6.07 Å². The molecule has 1 aromatic rings. The summed E-state index contributed by atoms with van der Waals surface area (Å²) in [4.78, 5) is 35.0. The maximum absolute atomic E-state index is 12.6. The number of rotatable bonds is 5. The second kappa shape index (κ2) is 7.18. The van der Waals surface area contributed by atoms with Crippen molar-refractivity contribution in [3.05, 3.63) is 38.4 Å². The van der Waals surface area contributed by atoms with Crippen molar-refractivity contribution in [2.45, 2.75) is 33.6 Å². The lowest BCUT2D eigenvalue weighted by Gasteiger charge is -2.33. The third kappa shape index (κ3) is 3.63. The predicted molar refractivity (Wildman–Crippen MR) is 89.8 cm³/mol. The number of carbonyl (C=O) groups excluding carboxylic acids is 1. The number of carbonyl (C=O) groups is 2. The molecule has 1 aliphatic heterocycles. The summed E-state index contributed by atoms with van der Waals surface area (Å²) in [5.74, 6) is -1.47. The molecule has 1 heterocycles. The quantitative estimate of drug-likeness (QED) is 0.620. The first-order chi connectivity index (χ1) is 11.7. The van der Waals surface area contributed by atoms with Crippen LogP contribution in [-0.4, -0.2) is 41.7 Å². The fraction of sp³-hybridized carbons (Fsp3) is 0.529. The minimum Gasteiger partial charge on any atom is -0.481 e. The normalized spacial score (nSPS) is 16.3. The van der Waals surface area contributed by atoms with Crippen LogP contribution in [-0.2, 0) is 9.53 Å². The summed E-state index contributed by atoms with van der Waals surface area (Å²) in [6, 6.07) is 1.60. The van der Waals surface area contributed by atoms with Gasteiger partial charge in [-0.15, -0.1) is 0 Å². The molecule has 2 rings (SSSR count). The van der Waals surface area contributed by atoms with Crippen molar-refractivity contribution in [2.75, 3.05) is 19.8 Å². The second-order valence-electron chi connectivity index (χ2n) is 6.50. The topological polar surface area (TPSA) is 119 Å². The number of ether oxygens (including phenoxy) is 1. The summed E-state index contributed by atoms with van der Waals surface area (Å²) in [6.45, 7) is 5.49. The number of carboxylic acid groups (broad SMARTS) is 1. The first kappa shape index (κ1) is 18.9. The van der Waals surface area contributed by atoms with Gasteiger partial charge < -0.3 is 15.2 Å². The van der Waals surface area contributed by atoms with Crippen LogP contribution in [0, 0.1) is 36.3 Å². The van der Waals surface area contributed by atoms with E-state index in [9.17, 15) is 24.8 Å². The Kier molecular flexibility index (Phi) is 5.42. The lowest BCUT2D eigenvalue weighted by Crippen LogP contribution is -2.46. The summed E-state index contributed by atoms with van der Waals surface area (Å²) in [6.07, 6.45) is 0.628. The van der Waals surface area contributed by atoms with Gasteiger partial charge in [0.1, 0.15) is 0 Å². The molecule has 8 nitrogen and oxygen atoms in total. The molecule has 1 aliphatic rings. The van der Waals surface area contributed by atoms with Gasteiger partial charge in [-0.25, -0.2) is 0 Å². The number of benzene rings is 1. The van der Waals surface area contributed by atoms with Gasteiger partial charge in [0.25, 0.3) is 11.6 Å². The third-order valence-electron chi connectivity index (χ3n) is 4.83. The van der Waals surface area contributed by atoms with Crippen molar-refractivity contribution in [1.29, 1.82) is 0 Å². The van der Waals surface area contributed by atoms with Crippen molar-refractivity contribution in [2.24, 2.45) is 5.41 Å². The van der Waals surface area contributed by atoms with Crippen molar-refractivity contribution >= 4 is 17.6 Å². The Labute approximate surface area is 145 Å². The van der Waals surface area contributed by atoms with Crippen molar-refractivity contribution in [3.8, 4) is 0 Å². The minimum atomic E-state index is -1.06. The molecule has 1 aromatic carbocycles. The smallest absolute Gasteiger partial charge is 0.311 e. The summed E-state index contributed by atoms with van der Waals surface area (Å²) < 4.78 is 5.21. The van der Waals surface area contributed by atoms with Crippen LogP contribution >= 0.6 is 0 Å². The largest absolute Gasteiger partial charge is 0.481 e. The molecule has 0 radical (unpaired) electrons. The lowest BCUT2D eigenvalue weighted by molar-refractivity contribution is -0.386. The highest BCUT2D eigenvalue weighted by Crippen LogP contribution is 2.31. The summed E-state index contributed by atoms with van der Waals surface area (Å²) in [5.41, 5.74) is 0.472. The molecule has 1 saturated heterocycles. The van der Waals surface area contributed by atoms with E-state index in [0.29, 0.717) is 37.2 Å². The number of hydrogen-bond acceptors (Lipinski definition) is 5. The average molecular weight is 350 g/mol. The Balaban J connectivity index is 2.28. The number of aliphatic carboxylic acids is 1. The van der Waals surface area contributed by atoms with Gasteiger partial charge in [-0.1, -0.05) is 0 Å². The zero-order chi connectivity index (χ0) is 18.8. The van der Waals surface area contributed by atoms with Gasteiger partial charge in [0.05, 0.1) is 15.9 Å². The molecule has 0 bridgehead atoms. The minimum absolute atomic E-state index is 0.0366. The van der Waals surface area contributed by atoms with E-state index in [2.05, 4.69) is 5.32 Å². The van der Waals surface area contributed by atoms with Gasteiger partial charge in [0, 0.05) is 30.9 Å². The van der Waals surface area contributed by atoms with E-state index in [1.807, 2.05) is 0 Å². The number of aryl methyl sites for hydroxylation is 2. The Morgan fingerprint density at radius 3 is 2.40 bits per heavy atom. The van der Waals surface area contributed by atoms with Crippen LogP contribution in [0.1, 0.15) is 39.9 Å². The molecule has 0 spiro atoms. The first-order valence-corrected chi connectivity index (χ1v) is 8.04. The highest BCUT2D eigenvalue weighted by Gasteiger charge is 2.40.